The number of halogens is 3. The third kappa shape index (κ3) is 8.93. The van der Waals surface area contributed by atoms with E-state index >= 15 is 13.2 Å². The normalized spacial score (nSPS) is 10.9. The minimum atomic E-state index is -5.01. The Bertz CT molecular complexity index is 4640. The zero-order chi connectivity index (χ0) is 58.6. The monoisotopic (exact) mass is 1080 g/mol. The first-order chi connectivity index (χ1) is 40.8. The molecule has 0 N–H and O–H groups in total. The number of benzene rings is 10. The number of hydrogen-bond donors (Lipinski definition) is 0. The second kappa shape index (κ2) is 20.3. The fourth-order valence-electron chi connectivity index (χ4n) is 11.1. The summed E-state index contributed by atoms with van der Waals surface area (Å²) in [7, 11) is 0. The van der Waals surface area contributed by atoms with E-state index in [4.69, 9.17) is 26.3 Å². The lowest BCUT2D eigenvalue weighted by Gasteiger charge is -2.23. The predicted octanol–water partition coefficient (Wildman–Crippen LogP) is 18.8. The molecule has 12 rings (SSSR count). The van der Waals surface area contributed by atoms with Gasteiger partial charge in [-0.1, -0.05) is 60.7 Å². The van der Waals surface area contributed by atoms with Crippen molar-refractivity contribution in [1.29, 1.82) is 26.3 Å². The van der Waals surface area contributed by atoms with Crippen LogP contribution in [0.3, 0.4) is 0 Å². The molecule has 84 heavy (non-hydrogen) atoms. The van der Waals surface area contributed by atoms with Crippen molar-refractivity contribution in [3.05, 3.63) is 261 Å². The Labute approximate surface area is 477 Å². The van der Waals surface area contributed by atoms with Crippen LogP contribution in [0.1, 0.15) is 33.4 Å². The molecule has 0 unspecified atom stereocenters. The maximum atomic E-state index is 16.4. The van der Waals surface area contributed by atoms with E-state index in [0.29, 0.717) is 93.7 Å². The molecule has 2 heterocycles. The van der Waals surface area contributed by atoms with Crippen LogP contribution >= 0.6 is 0 Å². The van der Waals surface area contributed by atoms with Gasteiger partial charge in [0.1, 0.15) is 0 Å². The molecule has 2 aromatic heterocycles. The van der Waals surface area contributed by atoms with Crippen LogP contribution in [0.25, 0.3) is 130 Å². The Kier molecular flexibility index (Phi) is 12.5. The average Bonchev–Trinajstić information content (AvgIpc) is 1.94. The number of nitrogens with zero attached hydrogens (tertiary/aromatic N) is 11. The molecule has 0 bridgehead atoms. The number of nitriles is 5. The summed E-state index contributed by atoms with van der Waals surface area (Å²) in [4.78, 5) is 14.4. The van der Waals surface area contributed by atoms with E-state index in [0.717, 1.165) is 12.1 Å². The molecule has 0 aliphatic carbocycles. The second-order valence-electron chi connectivity index (χ2n) is 19.6. The summed E-state index contributed by atoms with van der Waals surface area (Å²) in [6.45, 7) is 31.4. The zero-order valence-electron chi connectivity index (χ0n) is 43.4. The van der Waals surface area contributed by atoms with Crippen LogP contribution in [0.2, 0.25) is 0 Å². The van der Waals surface area contributed by atoms with E-state index in [1.54, 1.807) is 106 Å². The molecule has 0 fully saturated rings. The molecule has 0 atom stereocenters. The molecular weight excluding hydrogens is 1050 g/mol. The highest BCUT2D eigenvalue weighted by Crippen LogP contribution is 2.48. The van der Waals surface area contributed by atoms with E-state index in [1.807, 2.05) is 48.5 Å². The molecule has 12 aromatic rings. The van der Waals surface area contributed by atoms with Gasteiger partial charge in [-0.3, -0.25) is 0 Å². The Morgan fingerprint density at radius 1 is 0.321 bits per heavy atom. The molecule has 10 aromatic carbocycles. The molecule has 0 saturated heterocycles. The van der Waals surface area contributed by atoms with Crippen LogP contribution in [0.5, 0.6) is 0 Å². The largest absolute Gasteiger partial charge is 0.416 e. The van der Waals surface area contributed by atoms with Crippen LogP contribution in [-0.2, 0) is 6.18 Å². The summed E-state index contributed by atoms with van der Waals surface area (Å²) < 4.78 is 52.6. The quantitative estimate of drug-likeness (QED) is 0.146. The Morgan fingerprint density at radius 2 is 0.619 bits per heavy atom. The van der Waals surface area contributed by atoms with Crippen molar-refractivity contribution < 1.29 is 13.2 Å². The van der Waals surface area contributed by atoms with Gasteiger partial charge in [-0.15, -0.1) is 0 Å². The van der Waals surface area contributed by atoms with Crippen molar-refractivity contribution in [2.24, 2.45) is 0 Å². The van der Waals surface area contributed by atoms with Crippen LogP contribution < -0.4 is 0 Å². The van der Waals surface area contributed by atoms with Crippen LogP contribution in [0, 0.1) is 82.9 Å². The predicted molar refractivity (Wildman–Crippen MR) is 316 cm³/mol. The van der Waals surface area contributed by atoms with Gasteiger partial charge in [-0.05, 0) is 171 Å². The lowest BCUT2D eigenvalue weighted by molar-refractivity contribution is -0.137. The molecule has 0 aliphatic heterocycles. The molecule has 11 nitrogen and oxygen atoms in total. The molecule has 0 aliphatic rings. The van der Waals surface area contributed by atoms with Crippen molar-refractivity contribution >= 4 is 66.4 Å². The van der Waals surface area contributed by atoms with Crippen LogP contribution in [0.4, 0.5) is 35.9 Å². The fourth-order valence-corrected chi connectivity index (χ4v) is 11.1. The summed E-state index contributed by atoms with van der Waals surface area (Å²) in [5.41, 5.74) is 7.15. The van der Waals surface area contributed by atoms with E-state index in [2.05, 4.69) is 49.7 Å². The summed E-state index contributed by atoms with van der Waals surface area (Å²) in [6.07, 6.45) is -5.01. The molecule has 0 saturated carbocycles. The molecule has 0 spiro atoms. The third-order valence-corrected chi connectivity index (χ3v) is 14.8. The van der Waals surface area contributed by atoms with Gasteiger partial charge in [0.15, 0.2) is 22.7 Å². The van der Waals surface area contributed by atoms with E-state index in [9.17, 15) is 26.3 Å². The fraction of sp³-hybridized carbons (Fsp3) is 0.0143. The number of rotatable bonds is 7. The van der Waals surface area contributed by atoms with Crippen LogP contribution in [0.15, 0.2) is 182 Å². The molecule has 0 radical (unpaired) electrons. The maximum absolute atomic E-state index is 16.4. The Balaban J connectivity index is 1.29. The SMILES string of the molecule is [C-]#[N+]c1cc(C#N)cc(-c2ccc3c4ccc(-c5cc(C#N)cc([N+]#[C-])c5)cc4n(-c4cc(C(F)(F)F)cc(-n5c6cc(-c7cc(C#N)cc([N+]#[C-])c7)ccc6c6ccc(-c7cc(C#N)cc([N+]#[C-])c7)cc65)c4-c4cccc(C#N)c4)c3c2)c1. The van der Waals surface area contributed by atoms with E-state index in [1.165, 1.54) is 24.3 Å². The number of aromatic nitrogens is 2. The van der Waals surface area contributed by atoms with Crippen molar-refractivity contribution in [2.75, 3.05) is 0 Å². The number of hydrogen-bond acceptors (Lipinski definition) is 5. The van der Waals surface area contributed by atoms with Crippen LogP contribution in [-0.4, -0.2) is 9.13 Å². The standard InChI is InChI=1S/C70H30F3N11/c1-79-55-21-41(36-75)17-50(25-55)45-8-12-59-60-13-9-46(51-18-42(37-76)22-56(26-51)80-2)30-64(60)83(63(59)29-45)67-33-54(70(71,72)73)34-68(69(67)49-7-5-6-40(16-49)35-74)84-65-31-47(52-19-43(38-77)23-57(27-52)81-3)10-14-61(65)62-15-11-48(32-66(62)84)53-20-44(39-78)24-58(28-53)82-4/h5-34H. The lowest BCUT2D eigenvalue weighted by atomic mass is 9.96. The highest BCUT2D eigenvalue weighted by molar-refractivity contribution is 6.14. The summed E-state index contributed by atoms with van der Waals surface area (Å²) in [6, 6.07) is 60.0. The first kappa shape index (κ1) is 51.7. The molecule has 386 valence electrons. The first-order valence-electron chi connectivity index (χ1n) is 25.4. The maximum Gasteiger partial charge on any atom is 0.416 e. The summed E-state index contributed by atoms with van der Waals surface area (Å²) in [5.74, 6) is 0. The number of fused-ring (bicyclic) bond motifs is 6. The van der Waals surface area contributed by atoms with Crippen molar-refractivity contribution in [1.82, 2.24) is 9.13 Å². The summed E-state index contributed by atoms with van der Waals surface area (Å²) in [5, 5.41) is 53.2. The number of alkyl halides is 3. The smallest absolute Gasteiger partial charge is 0.308 e. The van der Waals surface area contributed by atoms with Gasteiger partial charge in [0.2, 0.25) is 0 Å². The van der Waals surface area contributed by atoms with E-state index < -0.39 is 11.7 Å². The topological polar surface area (TPSA) is 146 Å². The van der Waals surface area contributed by atoms with Crippen molar-refractivity contribution in [2.45, 2.75) is 6.18 Å². The van der Waals surface area contributed by atoms with Crippen molar-refractivity contribution in [3.63, 3.8) is 0 Å². The molecule has 0 amide bonds. The van der Waals surface area contributed by atoms with Gasteiger partial charge in [0.05, 0.1) is 101 Å². The van der Waals surface area contributed by atoms with Gasteiger partial charge < -0.3 is 9.13 Å². The average molecular weight is 1080 g/mol. The van der Waals surface area contributed by atoms with Gasteiger partial charge in [-0.25, -0.2) is 19.4 Å². The Hall–Kier alpha value is -13.0. The minimum absolute atomic E-state index is 0.0126. The highest BCUT2D eigenvalue weighted by atomic mass is 19.4. The second-order valence-corrected chi connectivity index (χ2v) is 19.6. The first-order valence-corrected chi connectivity index (χ1v) is 25.4. The lowest BCUT2D eigenvalue weighted by Crippen LogP contribution is -2.11. The van der Waals surface area contributed by atoms with Gasteiger partial charge in [-0.2, -0.15) is 39.5 Å². The van der Waals surface area contributed by atoms with E-state index in [-0.39, 0.29) is 67.5 Å². The van der Waals surface area contributed by atoms with Gasteiger partial charge >= 0.3 is 6.18 Å². The molecular formula is C70H30F3N11. The van der Waals surface area contributed by atoms with Gasteiger partial charge in [0, 0.05) is 49.4 Å². The van der Waals surface area contributed by atoms with Gasteiger partial charge in [0.25, 0.3) is 0 Å². The Morgan fingerprint density at radius 3 is 0.893 bits per heavy atom. The zero-order valence-corrected chi connectivity index (χ0v) is 43.4. The highest BCUT2D eigenvalue weighted by Gasteiger charge is 2.35. The minimum Gasteiger partial charge on any atom is -0.308 e. The van der Waals surface area contributed by atoms with Crippen molar-refractivity contribution in [3.8, 4) is 97.4 Å². The summed E-state index contributed by atoms with van der Waals surface area (Å²) >= 11 is 0. The molecule has 14 heteroatoms. The third-order valence-electron chi connectivity index (χ3n) is 14.8.